The summed E-state index contributed by atoms with van der Waals surface area (Å²) >= 11 is 6.12. The summed E-state index contributed by atoms with van der Waals surface area (Å²) < 4.78 is 14.9. The van der Waals surface area contributed by atoms with E-state index in [1.807, 2.05) is 24.3 Å². The van der Waals surface area contributed by atoms with Crippen molar-refractivity contribution in [3.63, 3.8) is 0 Å². The number of hydrogen-bond acceptors (Lipinski definition) is 7. The van der Waals surface area contributed by atoms with Gasteiger partial charge in [0.1, 0.15) is 17.9 Å². The lowest BCUT2D eigenvalue weighted by molar-refractivity contribution is 0.00271. The maximum atomic E-state index is 13.2. The van der Waals surface area contributed by atoms with E-state index in [2.05, 4.69) is 25.2 Å². The molecular formula is C21H24ClFN6O2. The minimum Gasteiger partial charge on any atom is -0.390 e. The molecule has 8 nitrogen and oxygen atoms in total. The number of nitrogens with zero attached hydrogens (tertiary/aromatic N) is 5. The maximum absolute atomic E-state index is 13.2. The molecule has 2 fully saturated rings. The molecule has 1 aliphatic carbocycles. The van der Waals surface area contributed by atoms with Crippen LogP contribution >= 0.6 is 11.6 Å². The molecule has 0 bridgehead atoms. The zero-order valence-electron chi connectivity index (χ0n) is 16.8. The summed E-state index contributed by atoms with van der Waals surface area (Å²) in [5, 5.41) is 24.7. The summed E-state index contributed by atoms with van der Waals surface area (Å²) in [6, 6.07) is 7.51. The third-order valence-electron chi connectivity index (χ3n) is 6.39. The fraction of sp³-hybridized carbons (Fsp3) is 0.476. The molecule has 2 aromatic heterocycles. The Balaban J connectivity index is 1.35. The molecule has 1 saturated carbocycles. The van der Waals surface area contributed by atoms with E-state index in [0.29, 0.717) is 28.4 Å². The Labute approximate surface area is 183 Å². The van der Waals surface area contributed by atoms with Crippen molar-refractivity contribution in [3.8, 4) is 0 Å². The lowest BCUT2D eigenvalue weighted by Gasteiger charge is -2.20. The number of fused-ring (bicyclic) bond motifs is 1. The van der Waals surface area contributed by atoms with Gasteiger partial charge in [-0.2, -0.15) is 0 Å². The summed E-state index contributed by atoms with van der Waals surface area (Å²) in [5.74, 6) is 0.0321. The van der Waals surface area contributed by atoms with Gasteiger partial charge < -0.3 is 25.0 Å². The van der Waals surface area contributed by atoms with Gasteiger partial charge in [-0.05, 0) is 31.0 Å². The zero-order chi connectivity index (χ0) is 21.5. The molecule has 1 aliphatic heterocycles. The largest absolute Gasteiger partial charge is 0.390 e. The molecule has 31 heavy (non-hydrogen) atoms. The minimum atomic E-state index is -1.09. The van der Waals surface area contributed by atoms with Gasteiger partial charge in [0.25, 0.3) is 0 Å². The second kappa shape index (κ2) is 8.22. The summed E-state index contributed by atoms with van der Waals surface area (Å²) in [4.78, 5) is 15.5. The highest BCUT2D eigenvalue weighted by Crippen LogP contribution is 2.37. The number of halogens is 2. The van der Waals surface area contributed by atoms with Gasteiger partial charge in [0, 0.05) is 35.8 Å². The third-order valence-corrected chi connectivity index (χ3v) is 6.62. The van der Waals surface area contributed by atoms with E-state index in [4.69, 9.17) is 11.6 Å². The van der Waals surface area contributed by atoms with E-state index in [9.17, 15) is 14.6 Å². The first-order valence-corrected chi connectivity index (χ1v) is 10.8. The van der Waals surface area contributed by atoms with Gasteiger partial charge in [0.15, 0.2) is 11.5 Å². The number of hydrogen-bond donors (Lipinski definition) is 3. The molecule has 3 heterocycles. The van der Waals surface area contributed by atoms with E-state index in [1.165, 1.54) is 6.33 Å². The van der Waals surface area contributed by atoms with Gasteiger partial charge in [0.2, 0.25) is 0 Å². The topological polar surface area (TPSA) is 99.3 Å². The van der Waals surface area contributed by atoms with Crippen molar-refractivity contribution in [1.82, 2.24) is 19.5 Å². The van der Waals surface area contributed by atoms with Crippen LogP contribution in [0.1, 0.15) is 18.9 Å². The van der Waals surface area contributed by atoms with E-state index in [-0.39, 0.29) is 6.04 Å². The van der Waals surface area contributed by atoms with Crippen LogP contribution in [0.15, 0.2) is 36.9 Å². The average molecular weight is 447 g/mol. The number of anilines is 2. The molecule has 1 saturated heterocycles. The minimum absolute atomic E-state index is 0.178. The van der Waals surface area contributed by atoms with Gasteiger partial charge in [0.05, 0.1) is 25.1 Å². The van der Waals surface area contributed by atoms with Crippen LogP contribution < -0.4 is 10.2 Å². The number of benzene rings is 1. The van der Waals surface area contributed by atoms with Crippen molar-refractivity contribution in [2.75, 3.05) is 30.0 Å². The van der Waals surface area contributed by atoms with Crippen molar-refractivity contribution < 1.29 is 14.6 Å². The van der Waals surface area contributed by atoms with E-state index in [0.717, 1.165) is 25.2 Å². The molecule has 10 heteroatoms. The van der Waals surface area contributed by atoms with Crippen LogP contribution in [0.5, 0.6) is 0 Å². The number of aliphatic hydroxyl groups is 2. The van der Waals surface area contributed by atoms with Gasteiger partial charge in [-0.15, -0.1) is 0 Å². The van der Waals surface area contributed by atoms with Gasteiger partial charge in [-0.25, -0.2) is 15.0 Å². The highest BCUT2D eigenvalue weighted by Gasteiger charge is 2.43. The Morgan fingerprint density at radius 2 is 2.06 bits per heavy atom. The molecule has 0 spiro atoms. The molecular weight excluding hydrogens is 423 g/mol. The van der Waals surface area contributed by atoms with Crippen LogP contribution in [0, 0.1) is 5.92 Å². The summed E-state index contributed by atoms with van der Waals surface area (Å²) in [5.41, 5.74) is 2.23. The van der Waals surface area contributed by atoms with Gasteiger partial charge in [-0.1, -0.05) is 17.7 Å². The Morgan fingerprint density at radius 1 is 1.19 bits per heavy atom. The fourth-order valence-corrected chi connectivity index (χ4v) is 4.89. The van der Waals surface area contributed by atoms with Crippen molar-refractivity contribution in [2.45, 2.75) is 37.1 Å². The normalized spacial score (nSPS) is 28.5. The van der Waals surface area contributed by atoms with E-state index >= 15 is 0 Å². The number of nitrogens with one attached hydrogen (secondary N) is 1. The monoisotopic (exact) mass is 446 g/mol. The summed E-state index contributed by atoms with van der Waals surface area (Å²) in [6.45, 7) is 1.03. The Hall–Kier alpha value is -2.49. The predicted octanol–water partition coefficient (Wildman–Crippen LogP) is 2.42. The summed E-state index contributed by atoms with van der Waals surface area (Å²) in [7, 11) is 0. The first-order chi connectivity index (χ1) is 15.0. The SMILES string of the molecule is OC1C(CF)CC(n2cnc3c(NC4CCN(c5cccc(Cl)c5)C4)ncnc32)C1O. The average Bonchev–Trinajstić information content (AvgIpc) is 3.47. The van der Waals surface area contributed by atoms with Crippen molar-refractivity contribution >= 4 is 34.3 Å². The predicted molar refractivity (Wildman–Crippen MR) is 116 cm³/mol. The highest BCUT2D eigenvalue weighted by molar-refractivity contribution is 6.30. The number of aliphatic hydroxyl groups excluding tert-OH is 2. The Morgan fingerprint density at radius 3 is 2.84 bits per heavy atom. The Kier molecular flexibility index (Phi) is 5.41. The van der Waals surface area contributed by atoms with Crippen LogP contribution in [-0.4, -0.2) is 67.7 Å². The second-order valence-corrected chi connectivity index (χ2v) is 8.74. The molecule has 5 rings (SSSR count). The second-order valence-electron chi connectivity index (χ2n) is 8.30. The van der Waals surface area contributed by atoms with Crippen LogP contribution in [0.25, 0.3) is 11.2 Å². The van der Waals surface area contributed by atoms with E-state index in [1.54, 1.807) is 10.9 Å². The van der Waals surface area contributed by atoms with E-state index < -0.39 is 30.8 Å². The molecule has 2 aliphatic rings. The number of imidazole rings is 1. The van der Waals surface area contributed by atoms with Crippen LogP contribution in [0.4, 0.5) is 15.9 Å². The maximum Gasteiger partial charge on any atom is 0.165 e. The molecule has 164 valence electrons. The number of rotatable bonds is 5. The number of aromatic nitrogens is 4. The smallest absolute Gasteiger partial charge is 0.165 e. The third kappa shape index (κ3) is 3.71. The molecule has 3 aromatic rings. The molecule has 5 unspecified atom stereocenters. The van der Waals surface area contributed by atoms with Gasteiger partial charge >= 0.3 is 0 Å². The van der Waals surface area contributed by atoms with Crippen molar-refractivity contribution in [1.29, 1.82) is 0 Å². The summed E-state index contributed by atoms with van der Waals surface area (Å²) in [6.07, 6.45) is 2.14. The van der Waals surface area contributed by atoms with Crippen molar-refractivity contribution in [3.05, 3.63) is 41.9 Å². The standard InChI is InChI=1S/C21H24ClFN6O2/c22-13-2-1-3-15(7-13)28-5-4-14(9-28)27-20-17-21(25-10-24-20)29(11-26-17)16-6-12(8-23)18(30)19(16)31/h1-3,7,10-12,14,16,18-19,30-31H,4-6,8-9H2,(H,24,25,27). The molecule has 5 atom stereocenters. The van der Waals surface area contributed by atoms with Crippen LogP contribution in [0.3, 0.4) is 0 Å². The molecule has 1 aromatic carbocycles. The van der Waals surface area contributed by atoms with Crippen molar-refractivity contribution in [2.24, 2.45) is 5.92 Å². The lowest BCUT2D eigenvalue weighted by atomic mass is 10.1. The quantitative estimate of drug-likeness (QED) is 0.553. The molecule has 0 radical (unpaired) electrons. The number of alkyl halides is 1. The Bertz CT molecular complexity index is 1080. The highest BCUT2D eigenvalue weighted by atomic mass is 35.5. The first kappa shape index (κ1) is 20.4. The van der Waals surface area contributed by atoms with Crippen LogP contribution in [0.2, 0.25) is 5.02 Å². The zero-order valence-corrected chi connectivity index (χ0v) is 17.5. The first-order valence-electron chi connectivity index (χ1n) is 10.4. The fourth-order valence-electron chi connectivity index (χ4n) is 4.71. The lowest BCUT2D eigenvalue weighted by Crippen LogP contribution is -2.30. The molecule has 0 amide bonds. The van der Waals surface area contributed by atoms with Crippen LogP contribution in [-0.2, 0) is 0 Å². The molecule has 3 N–H and O–H groups in total. The van der Waals surface area contributed by atoms with Gasteiger partial charge in [-0.3, -0.25) is 4.39 Å².